The van der Waals surface area contributed by atoms with Gasteiger partial charge in [-0.1, -0.05) is 18.2 Å². The van der Waals surface area contributed by atoms with Gasteiger partial charge < -0.3 is 14.4 Å². The van der Waals surface area contributed by atoms with Crippen LogP contribution in [0.15, 0.2) is 42.5 Å². The molecule has 1 amide bonds. The Kier molecular flexibility index (Phi) is 6.98. The fourth-order valence-corrected chi connectivity index (χ4v) is 3.26. The van der Waals surface area contributed by atoms with Gasteiger partial charge in [0.1, 0.15) is 5.82 Å². The van der Waals surface area contributed by atoms with E-state index in [1.165, 1.54) is 24.3 Å². The lowest BCUT2D eigenvalue weighted by atomic mass is 10.1. The molecule has 2 aromatic rings. The molecule has 0 unspecified atom stereocenters. The van der Waals surface area contributed by atoms with Crippen molar-refractivity contribution in [1.82, 2.24) is 9.80 Å². The SMILES string of the molecule is CCOc1cc(C(=O)N2CCN(Cc3ccccc3F)CC2)ccc1OC(F)F. The first kappa shape index (κ1) is 21.0. The molecule has 1 fully saturated rings. The van der Waals surface area contributed by atoms with E-state index in [4.69, 9.17) is 4.74 Å². The molecule has 1 aliphatic rings. The molecule has 0 saturated carbocycles. The number of hydrogen-bond acceptors (Lipinski definition) is 4. The molecule has 8 heteroatoms. The minimum absolute atomic E-state index is 0.104. The summed E-state index contributed by atoms with van der Waals surface area (Å²) in [4.78, 5) is 16.6. The zero-order valence-corrected chi connectivity index (χ0v) is 16.1. The Morgan fingerprint density at radius 2 is 1.79 bits per heavy atom. The third-order valence-corrected chi connectivity index (χ3v) is 4.72. The summed E-state index contributed by atoms with van der Waals surface area (Å²) < 4.78 is 48.7. The number of carbonyl (C=O) groups is 1. The maximum Gasteiger partial charge on any atom is 0.387 e. The first-order valence-corrected chi connectivity index (χ1v) is 9.44. The lowest BCUT2D eigenvalue weighted by Gasteiger charge is -2.35. The van der Waals surface area contributed by atoms with Crippen molar-refractivity contribution in [2.24, 2.45) is 0 Å². The highest BCUT2D eigenvalue weighted by molar-refractivity contribution is 5.95. The van der Waals surface area contributed by atoms with Crippen LogP contribution >= 0.6 is 0 Å². The molecule has 29 heavy (non-hydrogen) atoms. The number of nitrogens with zero attached hydrogens (tertiary/aromatic N) is 2. The van der Waals surface area contributed by atoms with E-state index < -0.39 is 6.61 Å². The van der Waals surface area contributed by atoms with Crippen molar-refractivity contribution in [3.05, 3.63) is 59.4 Å². The van der Waals surface area contributed by atoms with Crippen molar-refractivity contribution in [2.75, 3.05) is 32.8 Å². The van der Waals surface area contributed by atoms with Crippen molar-refractivity contribution < 1.29 is 27.4 Å². The summed E-state index contributed by atoms with van der Waals surface area (Å²) in [6, 6.07) is 10.8. The molecule has 1 heterocycles. The van der Waals surface area contributed by atoms with Gasteiger partial charge in [0.15, 0.2) is 11.5 Å². The number of ether oxygens (including phenoxy) is 2. The quantitative estimate of drug-likeness (QED) is 0.699. The molecule has 5 nitrogen and oxygen atoms in total. The van der Waals surface area contributed by atoms with Crippen LogP contribution in [-0.2, 0) is 6.54 Å². The van der Waals surface area contributed by atoms with Crippen molar-refractivity contribution in [3.63, 3.8) is 0 Å². The lowest BCUT2D eigenvalue weighted by Crippen LogP contribution is -2.48. The molecule has 0 radical (unpaired) electrons. The normalized spacial score (nSPS) is 14.9. The van der Waals surface area contributed by atoms with Gasteiger partial charge in [0, 0.05) is 43.9 Å². The van der Waals surface area contributed by atoms with Crippen molar-refractivity contribution in [1.29, 1.82) is 0 Å². The smallest absolute Gasteiger partial charge is 0.387 e. The van der Waals surface area contributed by atoms with Crippen LogP contribution in [0.2, 0.25) is 0 Å². The molecule has 0 aliphatic carbocycles. The number of piperazine rings is 1. The summed E-state index contributed by atoms with van der Waals surface area (Å²) >= 11 is 0. The van der Waals surface area contributed by atoms with E-state index in [1.807, 2.05) is 0 Å². The van der Waals surface area contributed by atoms with Crippen LogP contribution in [0.3, 0.4) is 0 Å². The molecule has 1 aliphatic heterocycles. The summed E-state index contributed by atoms with van der Waals surface area (Å²) in [5.41, 5.74) is 0.973. The van der Waals surface area contributed by atoms with Gasteiger partial charge in [-0.15, -0.1) is 0 Å². The molecule has 0 aromatic heterocycles. The minimum atomic E-state index is -2.97. The highest BCUT2D eigenvalue weighted by atomic mass is 19.3. The molecule has 3 rings (SSSR count). The number of rotatable bonds is 7. The van der Waals surface area contributed by atoms with Crippen LogP contribution in [0.5, 0.6) is 11.5 Å². The summed E-state index contributed by atoms with van der Waals surface area (Å²) in [5.74, 6) is -0.439. The summed E-state index contributed by atoms with van der Waals surface area (Å²) in [7, 11) is 0. The largest absolute Gasteiger partial charge is 0.490 e. The van der Waals surface area contributed by atoms with Gasteiger partial charge in [-0.3, -0.25) is 9.69 Å². The van der Waals surface area contributed by atoms with Gasteiger partial charge >= 0.3 is 6.61 Å². The standard InChI is InChI=1S/C21H23F3N2O3/c1-2-28-19-13-15(7-8-18(19)29-21(23)24)20(27)26-11-9-25(10-12-26)14-16-5-3-4-6-17(16)22/h3-8,13,21H,2,9-12,14H2,1H3. The Morgan fingerprint density at radius 1 is 1.07 bits per heavy atom. The Bertz CT molecular complexity index is 840. The van der Waals surface area contributed by atoms with Crippen LogP contribution in [-0.4, -0.2) is 55.1 Å². The monoisotopic (exact) mass is 408 g/mol. The fraction of sp³-hybridized carbons (Fsp3) is 0.381. The van der Waals surface area contributed by atoms with E-state index in [9.17, 15) is 18.0 Å². The number of hydrogen-bond donors (Lipinski definition) is 0. The van der Waals surface area contributed by atoms with E-state index in [1.54, 1.807) is 30.0 Å². The second kappa shape index (κ2) is 9.65. The maximum atomic E-state index is 13.8. The predicted octanol–water partition coefficient (Wildman–Crippen LogP) is 3.78. The molecular weight excluding hydrogens is 385 g/mol. The van der Waals surface area contributed by atoms with Crippen LogP contribution < -0.4 is 9.47 Å². The van der Waals surface area contributed by atoms with Gasteiger partial charge in [-0.2, -0.15) is 8.78 Å². The number of benzene rings is 2. The second-order valence-corrected chi connectivity index (χ2v) is 6.63. The predicted molar refractivity (Wildman–Crippen MR) is 102 cm³/mol. The van der Waals surface area contributed by atoms with E-state index >= 15 is 0 Å². The summed E-state index contributed by atoms with van der Waals surface area (Å²) in [6.45, 7) is 1.71. The maximum absolute atomic E-state index is 13.8. The molecule has 0 bridgehead atoms. The van der Waals surface area contributed by atoms with Crippen LogP contribution in [0, 0.1) is 5.82 Å². The van der Waals surface area contributed by atoms with E-state index in [0.29, 0.717) is 43.9 Å². The van der Waals surface area contributed by atoms with Crippen molar-refractivity contribution in [3.8, 4) is 11.5 Å². The Labute approximate surface area is 167 Å². The zero-order valence-electron chi connectivity index (χ0n) is 16.1. The van der Waals surface area contributed by atoms with E-state index in [0.717, 1.165) is 0 Å². The molecule has 0 spiro atoms. The Hall–Kier alpha value is -2.74. The third-order valence-electron chi connectivity index (χ3n) is 4.72. The molecular formula is C21H23F3N2O3. The van der Waals surface area contributed by atoms with Crippen LogP contribution in [0.1, 0.15) is 22.8 Å². The van der Waals surface area contributed by atoms with E-state index in [-0.39, 0.29) is 29.8 Å². The van der Waals surface area contributed by atoms with E-state index in [2.05, 4.69) is 9.64 Å². The van der Waals surface area contributed by atoms with Gasteiger partial charge in [-0.05, 0) is 31.2 Å². The lowest BCUT2D eigenvalue weighted by molar-refractivity contribution is -0.0514. The van der Waals surface area contributed by atoms with Crippen molar-refractivity contribution in [2.45, 2.75) is 20.1 Å². The second-order valence-electron chi connectivity index (χ2n) is 6.63. The molecule has 0 atom stereocenters. The molecule has 1 saturated heterocycles. The fourth-order valence-electron chi connectivity index (χ4n) is 3.26. The highest BCUT2D eigenvalue weighted by Gasteiger charge is 2.24. The van der Waals surface area contributed by atoms with Gasteiger partial charge in [-0.25, -0.2) is 4.39 Å². The number of halogens is 3. The Balaban J connectivity index is 1.62. The highest BCUT2D eigenvalue weighted by Crippen LogP contribution is 2.30. The summed E-state index contributed by atoms with van der Waals surface area (Å²) in [6.07, 6.45) is 0. The van der Waals surface area contributed by atoms with Gasteiger partial charge in [0.25, 0.3) is 5.91 Å². The zero-order chi connectivity index (χ0) is 20.8. The third kappa shape index (κ3) is 5.41. The average Bonchev–Trinajstić information content (AvgIpc) is 2.71. The van der Waals surface area contributed by atoms with Crippen LogP contribution in [0.25, 0.3) is 0 Å². The number of carbonyl (C=O) groups excluding carboxylic acids is 1. The average molecular weight is 408 g/mol. The Morgan fingerprint density at radius 3 is 2.45 bits per heavy atom. The summed E-state index contributed by atoms with van der Waals surface area (Å²) in [5, 5.41) is 0. The molecule has 2 aromatic carbocycles. The van der Waals surface area contributed by atoms with Crippen molar-refractivity contribution >= 4 is 5.91 Å². The topological polar surface area (TPSA) is 42.0 Å². The van der Waals surface area contributed by atoms with Crippen LogP contribution in [0.4, 0.5) is 13.2 Å². The molecule has 0 N–H and O–H groups in total. The number of amides is 1. The van der Waals surface area contributed by atoms with Gasteiger partial charge in [0.05, 0.1) is 6.61 Å². The number of alkyl halides is 2. The molecule has 156 valence electrons. The minimum Gasteiger partial charge on any atom is -0.490 e. The first-order chi connectivity index (χ1) is 14.0. The first-order valence-electron chi connectivity index (χ1n) is 9.44. The van der Waals surface area contributed by atoms with Gasteiger partial charge in [0.2, 0.25) is 0 Å².